The van der Waals surface area contributed by atoms with Crippen LogP contribution in [-0.4, -0.2) is 13.1 Å². The molecule has 0 aromatic heterocycles. The van der Waals surface area contributed by atoms with Crippen LogP contribution in [0.4, 0.5) is 0 Å². The van der Waals surface area contributed by atoms with E-state index in [0.717, 1.165) is 6.42 Å². The molecule has 0 spiro atoms. The maximum Gasteiger partial charge on any atom is 0.293 e. The van der Waals surface area contributed by atoms with E-state index in [9.17, 15) is 4.79 Å². The first-order chi connectivity index (χ1) is 14.4. The Bertz CT molecular complexity index is 290. The first-order valence-corrected chi connectivity index (χ1v) is 13.5. The van der Waals surface area contributed by atoms with Gasteiger partial charge in [-0.3, -0.25) is 4.79 Å². The normalized spacial score (nSPS) is 11.1. The second kappa shape index (κ2) is 27.5. The predicted molar refractivity (Wildman–Crippen MR) is 128 cm³/mol. The van der Waals surface area contributed by atoms with Gasteiger partial charge in [-0.1, -0.05) is 155 Å². The lowest BCUT2D eigenvalue weighted by atomic mass is 10.0. The highest BCUT2D eigenvalue weighted by Gasteiger charge is 1.96. The summed E-state index contributed by atoms with van der Waals surface area (Å²) in [6.45, 7) is 3.45. The van der Waals surface area contributed by atoms with E-state index < -0.39 is 0 Å². The van der Waals surface area contributed by atoms with Crippen LogP contribution in [0.5, 0.6) is 0 Å². The van der Waals surface area contributed by atoms with Gasteiger partial charge < -0.3 is 4.74 Å². The van der Waals surface area contributed by atoms with Crippen molar-refractivity contribution in [3.8, 4) is 0 Å². The highest BCUT2D eigenvalue weighted by atomic mass is 16.5. The molecular formula is C27H54O2. The topological polar surface area (TPSA) is 26.3 Å². The Labute approximate surface area is 184 Å². The quantitative estimate of drug-likeness (QED) is 0.105. The monoisotopic (exact) mass is 410 g/mol. The molecule has 0 aliphatic rings. The minimum absolute atomic E-state index is 0.554. The van der Waals surface area contributed by atoms with E-state index >= 15 is 0 Å². The summed E-state index contributed by atoms with van der Waals surface area (Å²) in [6, 6.07) is 0. The number of hydrogen-bond donors (Lipinski definition) is 0. The molecule has 2 nitrogen and oxygen atoms in total. The van der Waals surface area contributed by atoms with Crippen molar-refractivity contribution >= 4 is 6.47 Å². The molecular weight excluding hydrogens is 356 g/mol. The molecule has 0 aromatic rings. The van der Waals surface area contributed by atoms with Gasteiger partial charge in [-0.2, -0.15) is 0 Å². The van der Waals surface area contributed by atoms with E-state index in [-0.39, 0.29) is 0 Å². The first-order valence-electron chi connectivity index (χ1n) is 13.5. The Morgan fingerprint density at radius 2 is 0.655 bits per heavy atom. The Kier molecular flexibility index (Phi) is 27.0. The van der Waals surface area contributed by atoms with Gasteiger partial charge in [-0.15, -0.1) is 0 Å². The van der Waals surface area contributed by atoms with Crippen LogP contribution >= 0.6 is 0 Å². The summed E-state index contributed by atoms with van der Waals surface area (Å²) in [7, 11) is 0. The Morgan fingerprint density at radius 3 is 0.897 bits per heavy atom. The van der Waals surface area contributed by atoms with Crippen LogP contribution in [-0.2, 0) is 9.53 Å². The van der Waals surface area contributed by atoms with Crippen molar-refractivity contribution in [2.75, 3.05) is 6.61 Å². The van der Waals surface area contributed by atoms with Gasteiger partial charge in [0, 0.05) is 0 Å². The second-order valence-electron chi connectivity index (χ2n) is 9.10. The standard InChI is InChI=1S/C27H54O2/c1-2-3-4-5-6-7-8-9-10-11-12-13-14-15-16-17-18-19-20-21-22-23-24-25-26-29-27-28/h27H,2-26H2,1H3. The van der Waals surface area contributed by atoms with Crippen molar-refractivity contribution in [3.63, 3.8) is 0 Å². The van der Waals surface area contributed by atoms with E-state index in [2.05, 4.69) is 6.92 Å². The second-order valence-corrected chi connectivity index (χ2v) is 9.10. The smallest absolute Gasteiger partial charge is 0.293 e. The van der Waals surface area contributed by atoms with Crippen LogP contribution in [0.25, 0.3) is 0 Å². The number of ether oxygens (including phenoxy) is 1. The molecule has 0 aliphatic carbocycles. The summed E-state index contributed by atoms with van der Waals surface area (Å²) < 4.78 is 4.70. The Hall–Kier alpha value is -0.530. The summed E-state index contributed by atoms with van der Waals surface area (Å²) in [5, 5.41) is 0. The summed E-state index contributed by atoms with van der Waals surface area (Å²) in [5.74, 6) is 0. The Balaban J connectivity index is 2.97. The van der Waals surface area contributed by atoms with Crippen LogP contribution < -0.4 is 0 Å². The van der Waals surface area contributed by atoms with Crippen molar-refractivity contribution < 1.29 is 9.53 Å². The van der Waals surface area contributed by atoms with E-state index in [4.69, 9.17) is 4.74 Å². The van der Waals surface area contributed by atoms with Crippen molar-refractivity contribution in [2.45, 2.75) is 161 Å². The minimum atomic E-state index is 0.554. The third kappa shape index (κ3) is 27.5. The van der Waals surface area contributed by atoms with Gasteiger partial charge in [0.25, 0.3) is 6.47 Å². The van der Waals surface area contributed by atoms with Crippen molar-refractivity contribution in [1.82, 2.24) is 0 Å². The van der Waals surface area contributed by atoms with Crippen LogP contribution in [0.15, 0.2) is 0 Å². The van der Waals surface area contributed by atoms with Crippen LogP contribution in [0.2, 0.25) is 0 Å². The maximum absolute atomic E-state index is 10.0. The lowest BCUT2D eigenvalue weighted by molar-refractivity contribution is -0.128. The number of rotatable bonds is 26. The zero-order chi connectivity index (χ0) is 21.1. The van der Waals surface area contributed by atoms with Crippen LogP contribution in [0.3, 0.4) is 0 Å². The SMILES string of the molecule is CCCCCCCCCCCCCCCCCCCCCCCCCCOC=O. The summed E-state index contributed by atoms with van der Waals surface area (Å²) >= 11 is 0. The molecule has 0 rings (SSSR count). The summed E-state index contributed by atoms with van der Waals surface area (Å²) in [6.07, 6.45) is 33.8. The Morgan fingerprint density at radius 1 is 0.414 bits per heavy atom. The zero-order valence-electron chi connectivity index (χ0n) is 20.1. The molecule has 0 fully saturated rings. The van der Waals surface area contributed by atoms with E-state index in [1.807, 2.05) is 0 Å². The average Bonchev–Trinajstić information content (AvgIpc) is 2.74. The zero-order valence-corrected chi connectivity index (χ0v) is 20.1. The first kappa shape index (κ1) is 28.5. The number of hydrogen-bond acceptors (Lipinski definition) is 2. The van der Waals surface area contributed by atoms with Gasteiger partial charge in [0.05, 0.1) is 6.61 Å². The molecule has 0 aromatic carbocycles. The van der Waals surface area contributed by atoms with Crippen molar-refractivity contribution in [2.24, 2.45) is 0 Å². The van der Waals surface area contributed by atoms with Crippen molar-refractivity contribution in [3.05, 3.63) is 0 Å². The molecule has 0 heterocycles. The van der Waals surface area contributed by atoms with Crippen LogP contribution in [0, 0.1) is 0 Å². The summed E-state index contributed by atoms with van der Waals surface area (Å²) in [5.41, 5.74) is 0. The fraction of sp³-hybridized carbons (Fsp3) is 0.963. The van der Waals surface area contributed by atoms with E-state index in [0.29, 0.717) is 13.1 Å². The lowest BCUT2D eigenvalue weighted by Gasteiger charge is -2.04. The highest BCUT2D eigenvalue weighted by molar-refractivity contribution is 5.36. The van der Waals surface area contributed by atoms with E-state index in [1.165, 1.54) is 148 Å². The lowest BCUT2D eigenvalue weighted by Crippen LogP contribution is -1.91. The molecule has 0 saturated heterocycles. The minimum Gasteiger partial charge on any atom is -0.468 e. The third-order valence-electron chi connectivity index (χ3n) is 6.18. The summed E-state index contributed by atoms with van der Waals surface area (Å²) in [4.78, 5) is 10.0. The largest absolute Gasteiger partial charge is 0.468 e. The van der Waals surface area contributed by atoms with Gasteiger partial charge in [-0.05, 0) is 6.42 Å². The number of unbranched alkanes of at least 4 members (excludes halogenated alkanes) is 23. The van der Waals surface area contributed by atoms with Gasteiger partial charge in [0.15, 0.2) is 0 Å². The molecule has 0 atom stereocenters. The van der Waals surface area contributed by atoms with Crippen LogP contribution in [0.1, 0.15) is 161 Å². The van der Waals surface area contributed by atoms with Gasteiger partial charge in [-0.25, -0.2) is 0 Å². The van der Waals surface area contributed by atoms with Crippen molar-refractivity contribution in [1.29, 1.82) is 0 Å². The van der Waals surface area contributed by atoms with Gasteiger partial charge in [0.2, 0.25) is 0 Å². The van der Waals surface area contributed by atoms with Gasteiger partial charge in [0.1, 0.15) is 0 Å². The molecule has 0 bridgehead atoms. The number of carbonyl (C=O) groups is 1. The third-order valence-corrected chi connectivity index (χ3v) is 6.18. The molecule has 0 amide bonds. The molecule has 29 heavy (non-hydrogen) atoms. The fourth-order valence-corrected chi connectivity index (χ4v) is 4.20. The molecule has 174 valence electrons. The predicted octanol–water partition coefficient (Wildman–Crippen LogP) is 9.54. The molecule has 0 saturated carbocycles. The molecule has 0 aliphatic heterocycles. The molecule has 2 heteroatoms. The van der Waals surface area contributed by atoms with E-state index in [1.54, 1.807) is 0 Å². The molecule has 0 radical (unpaired) electrons. The maximum atomic E-state index is 10.0. The average molecular weight is 411 g/mol. The van der Waals surface area contributed by atoms with Gasteiger partial charge >= 0.3 is 0 Å². The molecule has 0 N–H and O–H groups in total. The number of carbonyl (C=O) groups excluding carboxylic acids is 1. The fourth-order valence-electron chi connectivity index (χ4n) is 4.20. The molecule has 0 unspecified atom stereocenters. The highest BCUT2D eigenvalue weighted by Crippen LogP contribution is 2.15.